The van der Waals surface area contributed by atoms with Gasteiger partial charge in [-0.2, -0.15) is 0 Å². The number of carbonyl (C=O) groups excluding carboxylic acids is 2. The van der Waals surface area contributed by atoms with Crippen LogP contribution in [-0.4, -0.2) is 25.5 Å². The summed E-state index contributed by atoms with van der Waals surface area (Å²) in [4.78, 5) is 25.4. The maximum Gasteiger partial charge on any atom is 0.252 e. The van der Waals surface area contributed by atoms with Crippen LogP contribution in [0, 0.1) is 0 Å². The van der Waals surface area contributed by atoms with Crippen molar-refractivity contribution in [3.63, 3.8) is 0 Å². The highest BCUT2D eigenvalue weighted by molar-refractivity contribution is 7.92. The normalized spacial score (nSPS) is 12.2. The van der Waals surface area contributed by atoms with Gasteiger partial charge in [0, 0.05) is 16.1 Å². The van der Waals surface area contributed by atoms with Gasteiger partial charge in [0.05, 0.1) is 4.90 Å². The van der Waals surface area contributed by atoms with Gasteiger partial charge in [0.1, 0.15) is 0 Å². The third-order valence-electron chi connectivity index (χ3n) is 4.05. The Labute approximate surface area is 167 Å². The van der Waals surface area contributed by atoms with Gasteiger partial charge in [-0.1, -0.05) is 60.1 Å². The Kier molecular flexibility index (Phi) is 5.92. The first-order valence-electron chi connectivity index (χ1n) is 8.34. The molecule has 3 rings (SSSR count). The Morgan fingerprint density at radius 3 is 1.79 bits per heavy atom. The molecule has 3 aromatic rings. The molecule has 0 aliphatic heterocycles. The van der Waals surface area contributed by atoms with E-state index in [1.807, 2.05) is 0 Å². The Morgan fingerprint density at radius 2 is 1.25 bits per heavy atom. The van der Waals surface area contributed by atoms with Crippen molar-refractivity contribution in [2.24, 2.45) is 0 Å². The first kappa shape index (κ1) is 19.8. The van der Waals surface area contributed by atoms with Gasteiger partial charge in [0.2, 0.25) is 15.6 Å². The predicted molar refractivity (Wildman–Crippen MR) is 107 cm³/mol. The number of hydrogen-bond acceptors (Lipinski definition) is 4. The maximum absolute atomic E-state index is 13.1. The topological polar surface area (TPSA) is 80.3 Å². The van der Waals surface area contributed by atoms with Crippen molar-refractivity contribution in [1.82, 2.24) is 5.32 Å². The molecule has 1 atom stereocenters. The average molecular weight is 414 g/mol. The molecule has 1 N–H and O–H groups in total. The van der Waals surface area contributed by atoms with Gasteiger partial charge in [-0.05, 0) is 36.4 Å². The lowest BCUT2D eigenvalue weighted by atomic mass is 10.1. The molecule has 0 unspecified atom stereocenters. The van der Waals surface area contributed by atoms with Crippen molar-refractivity contribution in [3.05, 3.63) is 101 Å². The van der Waals surface area contributed by atoms with E-state index in [9.17, 15) is 18.0 Å². The predicted octanol–water partition coefficient (Wildman–Crippen LogP) is 3.75. The number of amides is 1. The Bertz CT molecular complexity index is 1080. The van der Waals surface area contributed by atoms with Crippen LogP contribution in [0.5, 0.6) is 0 Å². The fraction of sp³-hybridized carbons (Fsp3) is 0.0476. The number of rotatable bonds is 6. The molecule has 0 aliphatic carbocycles. The molecule has 7 heteroatoms. The second-order valence-corrected chi connectivity index (χ2v) is 8.42. The number of carbonyl (C=O) groups is 2. The zero-order valence-electron chi connectivity index (χ0n) is 14.6. The minimum Gasteiger partial charge on any atom is -0.329 e. The Hall–Kier alpha value is -2.96. The summed E-state index contributed by atoms with van der Waals surface area (Å²) in [7, 11) is -4.21. The number of Topliss-reactive ketones (excluding diaryl/α,β-unsaturated/α-hetero) is 1. The highest BCUT2D eigenvalue weighted by Gasteiger charge is 2.36. The maximum atomic E-state index is 13.1. The fourth-order valence-electron chi connectivity index (χ4n) is 2.59. The van der Waals surface area contributed by atoms with Crippen molar-refractivity contribution < 1.29 is 18.0 Å². The SMILES string of the molecule is O=C(N[C@H](C(=O)c1ccccc1)S(=O)(=O)c1ccc(Cl)cc1)c1ccccc1. The minimum atomic E-state index is -4.21. The van der Waals surface area contributed by atoms with E-state index in [0.717, 1.165) is 0 Å². The van der Waals surface area contributed by atoms with E-state index in [-0.39, 0.29) is 16.0 Å². The standard InChI is InChI=1S/C21H16ClNO4S/c22-17-11-13-18(14-12-17)28(26,27)21(19(24)15-7-3-1-4-8-15)23-20(25)16-9-5-2-6-10-16/h1-14,21H,(H,23,25)/t21-/m0/s1. The van der Waals surface area contributed by atoms with Crippen LogP contribution in [0.4, 0.5) is 0 Å². The molecule has 3 aromatic carbocycles. The number of nitrogens with one attached hydrogen (secondary N) is 1. The number of sulfone groups is 1. The molecule has 1 amide bonds. The summed E-state index contributed by atoms with van der Waals surface area (Å²) < 4.78 is 26.3. The van der Waals surface area contributed by atoms with Crippen LogP contribution in [0.3, 0.4) is 0 Å². The lowest BCUT2D eigenvalue weighted by Crippen LogP contribution is -2.46. The molecular formula is C21H16ClNO4S. The Morgan fingerprint density at radius 1 is 0.750 bits per heavy atom. The zero-order valence-corrected chi connectivity index (χ0v) is 16.2. The van der Waals surface area contributed by atoms with Crippen molar-refractivity contribution in [1.29, 1.82) is 0 Å². The van der Waals surface area contributed by atoms with E-state index in [2.05, 4.69) is 5.32 Å². The van der Waals surface area contributed by atoms with E-state index >= 15 is 0 Å². The molecule has 0 aromatic heterocycles. The molecule has 0 heterocycles. The van der Waals surface area contributed by atoms with Gasteiger partial charge in [-0.25, -0.2) is 8.42 Å². The Balaban J connectivity index is 2.02. The lowest BCUT2D eigenvalue weighted by Gasteiger charge is -2.19. The zero-order chi connectivity index (χ0) is 20.1. The molecular weight excluding hydrogens is 398 g/mol. The second kappa shape index (κ2) is 8.37. The summed E-state index contributed by atoms with van der Waals surface area (Å²) in [6.45, 7) is 0. The number of halogens is 1. The monoisotopic (exact) mass is 413 g/mol. The second-order valence-electron chi connectivity index (χ2n) is 5.95. The highest BCUT2D eigenvalue weighted by atomic mass is 35.5. The molecule has 28 heavy (non-hydrogen) atoms. The van der Waals surface area contributed by atoms with E-state index < -0.39 is 26.9 Å². The van der Waals surface area contributed by atoms with E-state index in [4.69, 9.17) is 11.6 Å². The highest BCUT2D eigenvalue weighted by Crippen LogP contribution is 2.21. The van der Waals surface area contributed by atoms with E-state index in [1.165, 1.54) is 48.5 Å². The van der Waals surface area contributed by atoms with Gasteiger partial charge in [-0.15, -0.1) is 0 Å². The molecule has 0 saturated heterocycles. The van der Waals surface area contributed by atoms with Crippen LogP contribution in [0.25, 0.3) is 0 Å². The average Bonchev–Trinajstić information content (AvgIpc) is 2.73. The van der Waals surface area contributed by atoms with Gasteiger partial charge < -0.3 is 5.32 Å². The van der Waals surface area contributed by atoms with Crippen molar-refractivity contribution in [2.75, 3.05) is 0 Å². The quantitative estimate of drug-likeness (QED) is 0.624. The van der Waals surface area contributed by atoms with Gasteiger partial charge in [0.25, 0.3) is 5.91 Å². The molecule has 0 bridgehead atoms. The van der Waals surface area contributed by atoms with Crippen LogP contribution in [0.15, 0.2) is 89.8 Å². The van der Waals surface area contributed by atoms with Gasteiger partial charge in [-0.3, -0.25) is 9.59 Å². The molecule has 0 fully saturated rings. The fourth-order valence-corrected chi connectivity index (χ4v) is 4.18. The minimum absolute atomic E-state index is 0.112. The number of benzene rings is 3. The van der Waals surface area contributed by atoms with Gasteiger partial charge >= 0.3 is 0 Å². The first-order chi connectivity index (χ1) is 13.4. The van der Waals surface area contributed by atoms with Gasteiger partial charge in [0.15, 0.2) is 5.37 Å². The van der Waals surface area contributed by atoms with E-state index in [0.29, 0.717) is 5.02 Å². The van der Waals surface area contributed by atoms with Crippen molar-refractivity contribution in [3.8, 4) is 0 Å². The summed E-state index contributed by atoms with van der Waals surface area (Å²) in [6.07, 6.45) is 0. The summed E-state index contributed by atoms with van der Waals surface area (Å²) in [5, 5.41) is 0.961. The lowest BCUT2D eigenvalue weighted by molar-refractivity contribution is 0.0888. The summed E-state index contributed by atoms with van der Waals surface area (Å²) >= 11 is 5.83. The van der Waals surface area contributed by atoms with Crippen molar-refractivity contribution in [2.45, 2.75) is 10.3 Å². The third-order valence-corrected chi connectivity index (χ3v) is 6.18. The van der Waals surface area contributed by atoms with Crippen LogP contribution in [0.1, 0.15) is 20.7 Å². The van der Waals surface area contributed by atoms with Crippen LogP contribution in [-0.2, 0) is 9.84 Å². The largest absolute Gasteiger partial charge is 0.329 e. The number of ketones is 1. The van der Waals surface area contributed by atoms with Crippen LogP contribution < -0.4 is 5.32 Å². The van der Waals surface area contributed by atoms with Crippen molar-refractivity contribution >= 4 is 33.1 Å². The third kappa shape index (κ3) is 4.30. The smallest absolute Gasteiger partial charge is 0.252 e. The molecule has 0 aliphatic rings. The summed E-state index contributed by atoms with van der Waals surface area (Å²) in [5.74, 6) is -1.38. The molecule has 5 nitrogen and oxygen atoms in total. The van der Waals surface area contributed by atoms with Crippen LogP contribution >= 0.6 is 11.6 Å². The van der Waals surface area contributed by atoms with Crippen LogP contribution in [0.2, 0.25) is 5.02 Å². The molecule has 0 spiro atoms. The molecule has 0 saturated carbocycles. The summed E-state index contributed by atoms with van der Waals surface area (Å²) in [6, 6.07) is 21.5. The first-order valence-corrected chi connectivity index (χ1v) is 10.3. The molecule has 142 valence electrons. The van der Waals surface area contributed by atoms with E-state index in [1.54, 1.807) is 36.4 Å². The molecule has 0 radical (unpaired) electrons. The summed E-state index contributed by atoms with van der Waals surface area (Å²) in [5.41, 5.74) is 0.429. The number of hydrogen-bond donors (Lipinski definition) is 1.